The molecule has 0 aliphatic heterocycles. The number of nitrogens with one attached hydrogen (secondary N) is 3. The van der Waals surface area contributed by atoms with Crippen LogP contribution in [0, 0.1) is 5.41 Å². The fraction of sp³-hybridized carbons (Fsp3) is 0.0714. The summed E-state index contributed by atoms with van der Waals surface area (Å²) in [6.45, 7) is 0. The molecule has 7 heteroatoms. The van der Waals surface area contributed by atoms with Gasteiger partial charge in [0.25, 0.3) is 0 Å². The van der Waals surface area contributed by atoms with E-state index in [2.05, 4.69) is 15.3 Å². The van der Waals surface area contributed by atoms with Crippen LogP contribution < -0.4 is 22.3 Å². The molecule has 7 N–H and O–H groups in total. The molecule has 0 atom stereocenters. The Balaban J connectivity index is 2.11. The lowest BCUT2D eigenvalue weighted by Crippen LogP contribution is -2.04. The van der Waals surface area contributed by atoms with Gasteiger partial charge in [-0.15, -0.1) is 0 Å². The topological polar surface area (TPSA) is 134 Å². The molecule has 21 heavy (non-hydrogen) atoms. The minimum atomic E-state index is -0.167. The maximum Gasteiger partial charge on any atom is 0.248 e. The Morgan fingerprint density at radius 3 is 2.62 bits per heavy atom. The summed E-state index contributed by atoms with van der Waals surface area (Å²) in [5.41, 5.74) is 13.4. The van der Waals surface area contributed by atoms with Gasteiger partial charge in [0, 0.05) is 31.1 Å². The third-order valence-corrected chi connectivity index (χ3v) is 2.73. The van der Waals surface area contributed by atoms with Crippen molar-refractivity contribution < 1.29 is 0 Å². The molecule has 2 rings (SSSR count). The van der Waals surface area contributed by atoms with E-state index in [1.165, 1.54) is 12.3 Å². The predicted molar refractivity (Wildman–Crippen MR) is 84.3 cm³/mol. The highest BCUT2D eigenvalue weighted by Gasteiger charge is 2.01. The van der Waals surface area contributed by atoms with Crippen LogP contribution in [0.1, 0.15) is 5.56 Å². The molecular weight excluding hydrogens is 268 g/mol. The number of nitrogens with two attached hydrogens (primary N) is 2. The molecule has 0 saturated carbocycles. The number of rotatable bonds is 5. The van der Waals surface area contributed by atoms with Gasteiger partial charge in [0.05, 0.1) is 5.69 Å². The number of hydrogen-bond acceptors (Lipinski definition) is 6. The zero-order valence-corrected chi connectivity index (χ0v) is 11.3. The molecule has 0 radical (unpaired) electrons. The van der Waals surface area contributed by atoms with Crippen LogP contribution in [0.4, 0.5) is 17.3 Å². The third-order valence-electron chi connectivity index (χ3n) is 2.73. The minimum absolute atomic E-state index is 0.167. The molecule has 0 spiro atoms. The van der Waals surface area contributed by atoms with Crippen LogP contribution in [-0.2, 0) is 6.42 Å². The Morgan fingerprint density at radius 2 is 2.05 bits per heavy atom. The Bertz CT molecular complexity index is 694. The van der Waals surface area contributed by atoms with Gasteiger partial charge in [0.15, 0.2) is 0 Å². The summed E-state index contributed by atoms with van der Waals surface area (Å²) in [4.78, 5) is 17.4. The molecule has 0 amide bonds. The molecule has 0 unspecified atom stereocenters. The first kappa shape index (κ1) is 14.3. The summed E-state index contributed by atoms with van der Waals surface area (Å²) in [5, 5.41) is 10.5. The number of pyridine rings is 2. The van der Waals surface area contributed by atoms with E-state index in [0.29, 0.717) is 18.1 Å². The van der Waals surface area contributed by atoms with E-state index in [0.717, 1.165) is 16.8 Å². The van der Waals surface area contributed by atoms with E-state index in [1.807, 2.05) is 0 Å². The first-order valence-corrected chi connectivity index (χ1v) is 6.23. The number of allylic oxidation sites excluding steroid dienone is 1. The normalized spacial score (nSPS) is 11.1. The molecule has 2 heterocycles. The van der Waals surface area contributed by atoms with Crippen molar-refractivity contribution in [1.82, 2.24) is 9.97 Å². The van der Waals surface area contributed by atoms with Crippen LogP contribution in [0.3, 0.4) is 0 Å². The zero-order valence-electron chi connectivity index (χ0n) is 11.3. The number of aromatic nitrogens is 2. The maximum absolute atomic E-state index is 11.0. The molecule has 0 aliphatic rings. The van der Waals surface area contributed by atoms with Crippen molar-refractivity contribution in [2.75, 3.05) is 16.8 Å². The highest BCUT2D eigenvalue weighted by Crippen LogP contribution is 2.13. The quantitative estimate of drug-likeness (QED) is 0.524. The SMILES string of the molecule is N=C/C(=C\Nc1ccc(=O)[nH]c1)Cc1cc(N)nc(N)c1. The summed E-state index contributed by atoms with van der Waals surface area (Å²) in [6, 6.07) is 6.51. The minimum Gasteiger partial charge on any atom is -0.384 e. The lowest BCUT2D eigenvalue weighted by atomic mass is 10.1. The van der Waals surface area contributed by atoms with Crippen molar-refractivity contribution in [2.45, 2.75) is 6.42 Å². The molecule has 108 valence electrons. The Kier molecular flexibility index (Phi) is 4.35. The first-order valence-electron chi connectivity index (χ1n) is 6.23. The molecule has 7 nitrogen and oxygen atoms in total. The summed E-state index contributed by atoms with van der Waals surface area (Å²) in [5.74, 6) is 0.700. The van der Waals surface area contributed by atoms with Crippen molar-refractivity contribution in [3.63, 3.8) is 0 Å². The number of nitrogens with zero attached hydrogens (tertiary/aromatic N) is 1. The van der Waals surface area contributed by atoms with Crippen LogP contribution in [0.15, 0.2) is 47.0 Å². The van der Waals surface area contributed by atoms with Gasteiger partial charge in [-0.3, -0.25) is 4.79 Å². The Labute approximate surface area is 121 Å². The fourth-order valence-corrected chi connectivity index (χ4v) is 1.79. The summed E-state index contributed by atoms with van der Waals surface area (Å²) in [6.07, 6.45) is 4.98. The molecule has 0 aliphatic carbocycles. The van der Waals surface area contributed by atoms with Gasteiger partial charge in [-0.05, 0) is 29.3 Å². The number of H-pyrrole nitrogens is 1. The highest BCUT2D eigenvalue weighted by molar-refractivity contribution is 5.77. The predicted octanol–water partition coefficient (Wildman–Crippen LogP) is 1.12. The van der Waals surface area contributed by atoms with E-state index in [1.54, 1.807) is 30.6 Å². The van der Waals surface area contributed by atoms with Crippen LogP contribution >= 0.6 is 0 Å². The maximum atomic E-state index is 11.0. The lowest BCUT2D eigenvalue weighted by molar-refractivity contribution is 1.18. The monoisotopic (exact) mass is 284 g/mol. The highest BCUT2D eigenvalue weighted by atomic mass is 16.1. The van der Waals surface area contributed by atoms with E-state index >= 15 is 0 Å². The standard InChI is InChI=1S/C14H16N6O/c15-6-10(3-9-4-12(16)20-13(17)5-9)7-18-11-1-2-14(21)19-8-11/h1-2,4-8,15,18H,3H2,(H,19,21)(H4,16,17,20)/b10-7-,15-6?. The summed E-state index contributed by atoms with van der Waals surface area (Å²) < 4.78 is 0. The fourth-order valence-electron chi connectivity index (χ4n) is 1.79. The smallest absolute Gasteiger partial charge is 0.248 e. The molecule has 0 saturated heterocycles. The van der Waals surface area contributed by atoms with Gasteiger partial charge < -0.3 is 27.2 Å². The second kappa shape index (κ2) is 6.38. The van der Waals surface area contributed by atoms with Crippen molar-refractivity contribution in [3.05, 3.63) is 58.2 Å². The lowest BCUT2D eigenvalue weighted by Gasteiger charge is -2.06. The second-order valence-corrected chi connectivity index (χ2v) is 4.45. The first-order chi connectivity index (χ1) is 10.1. The number of anilines is 3. The molecular formula is C14H16N6O. The number of nitrogen functional groups attached to an aromatic ring is 2. The van der Waals surface area contributed by atoms with Gasteiger partial charge in [-0.25, -0.2) is 4.98 Å². The second-order valence-electron chi connectivity index (χ2n) is 4.45. The zero-order chi connectivity index (χ0) is 15.2. The number of hydrogen-bond donors (Lipinski definition) is 5. The number of aromatic amines is 1. The van der Waals surface area contributed by atoms with Crippen LogP contribution in [0.2, 0.25) is 0 Å². The van der Waals surface area contributed by atoms with Gasteiger partial charge in [-0.1, -0.05) is 0 Å². The van der Waals surface area contributed by atoms with Gasteiger partial charge in [0.1, 0.15) is 11.6 Å². The molecule has 0 bridgehead atoms. The van der Waals surface area contributed by atoms with Crippen molar-refractivity contribution in [3.8, 4) is 0 Å². The Hall–Kier alpha value is -3.09. The van der Waals surface area contributed by atoms with Crippen LogP contribution in [0.25, 0.3) is 0 Å². The Morgan fingerprint density at radius 1 is 1.33 bits per heavy atom. The summed E-state index contributed by atoms with van der Waals surface area (Å²) >= 11 is 0. The van der Waals surface area contributed by atoms with E-state index in [9.17, 15) is 4.79 Å². The average molecular weight is 284 g/mol. The van der Waals surface area contributed by atoms with Crippen LogP contribution in [0.5, 0.6) is 0 Å². The van der Waals surface area contributed by atoms with Crippen LogP contribution in [-0.4, -0.2) is 16.2 Å². The van der Waals surface area contributed by atoms with E-state index in [-0.39, 0.29) is 5.56 Å². The average Bonchev–Trinajstić information content (AvgIpc) is 2.44. The van der Waals surface area contributed by atoms with Crippen molar-refractivity contribution in [1.29, 1.82) is 5.41 Å². The molecule has 2 aromatic rings. The van der Waals surface area contributed by atoms with E-state index in [4.69, 9.17) is 16.9 Å². The van der Waals surface area contributed by atoms with Gasteiger partial charge >= 0.3 is 0 Å². The van der Waals surface area contributed by atoms with Crippen molar-refractivity contribution >= 4 is 23.5 Å². The van der Waals surface area contributed by atoms with Crippen molar-refractivity contribution in [2.24, 2.45) is 0 Å². The van der Waals surface area contributed by atoms with Gasteiger partial charge in [0.2, 0.25) is 5.56 Å². The molecule has 2 aromatic heterocycles. The molecule has 0 aromatic carbocycles. The summed E-state index contributed by atoms with van der Waals surface area (Å²) in [7, 11) is 0. The third kappa shape index (κ3) is 4.20. The van der Waals surface area contributed by atoms with E-state index < -0.39 is 0 Å². The molecule has 0 fully saturated rings. The largest absolute Gasteiger partial charge is 0.384 e. The van der Waals surface area contributed by atoms with Gasteiger partial charge in [-0.2, -0.15) is 0 Å².